The van der Waals surface area contributed by atoms with E-state index in [0.717, 1.165) is 135 Å². The zero-order valence-corrected chi connectivity index (χ0v) is 68.0. The second-order valence-corrected chi connectivity index (χ2v) is 29.3. The van der Waals surface area contributed by atoms with Crippen molar-refractivity contribution in [3.8, 4) is 0 Å². The number of aliphatic hydroxyl groups excluding tert-OH is 2. The lowest BCUT2D eigenvalue weighted by Crippen LogP contribution is -2.30. The number of hydrogen-bond donors (Lipinski definition) is 4. The monoisotopic (exact) mass is 1530 g/mol. The van der Waals surface area contributed by atoms with Gasteiger partial charge >= 0.3 is 33.6 Å². The summed E-state index contributed by atoms with van der Waals surface area (Å²) in [6.07, 6.45) is 105. The average Bonchev–Trinajstić information content (AvgIpc) is 0.927. The van der Waals surface area contributed by atoms with Crippen molar-refractivity contribution in [1.29, 1.82) is 0 Å². The zero-order chi connectivity index (χ0) is 78.0. The Labute approximate surface area is 648 Å². The van der Waals surface area contributed by atoms with Crippen molar-refractivity contribution >= 4 is 33.6 Å². The molecular weight excluding hydrogens is 1390 g/mol. The van der Waals surface area contributed by atoms with E-state index in [1.165, 1.54) is 89.9 Å². The maximum Gasteiger partial charge on any atom is 0.472 e. The zero-order valence-electron chi connectivity index (χ0n) is 66.2. The molecule has 16 nitrogen and oxygen atoms in total. The second-order valence-electron chi connectivity index (χ2n) is 26.4. The van der Waals surface area contributed by atoms with Crippen molar-refractivity contribution < 1.29 is 75.8 Å². The molecule has 0 radical (unpaired) electrons. The summed E-state index contributed by atoms with van der Waals surface area (Å²) in [6, 6.07) is 0. The Kier molecular flexibility index (Phi) is 75.7. The first-order chi connectivity index (χ1) is 52.2. The standard InChI is InChI=1S/C89H144O16P2/c1-4-7-10-13-16-19-22-25-28-31-33-35-36-37-38-39-40-41-42-43-44-45-46-48-50-52-54-57-60-63-66-69-72-75-87(92)99-78-84(90)79-101-106(95,96)102-80-85(91)81-103-107(97,98)104-83-86(105-89(94)77-74-71-68-65-62-59-56-51-30-27-24-21-18-15-12-9-6-3)82-100-88(93)76-73-70-67-64-61-58-55-53-49-47-34-32-29-26-23-20-17-14-11-8-5-2/h7-12,16-21,25-30,33-35,37-38,47,53,55-56,59,61,64-65,68,84-86,90-91H,4-6,13-15,22-24,31-32,36,39-46,48-52,54,57-58,60,62-63,66-67,69-83H2,1-3H3,(H,95,96)(H,97,98)/b10-7-,11-8-,12-9-,19-16-,20-17-,21-18-,28-25-,29-26-,30-27-,35-33-,38-37-,47-34-,55-53-,59-56-,64-61-,68-65-. The van der Waals surface area contributed by atoms with E-state index < -0.39 is 91.5 Å². The molecule has 0 aliphatic heterocycles. The number of phosphoric ester groups is 2. The Bertz CT molecular complexity index is 2720. The quantitative estimate of drug-likeness (QED) is 0.0146. The van der Waals surface area contributed by atoms with Crippen LogP contribution in [0.25, 0.3) is 0 Å². The fourth-order valence-electron chi connectivity index (χ4n) is 10.2. The van der Waals surface area contributed by atoms with Crippen LogP contribution in [0.2, 0.25) is 0 Å². The van der Waals surface area contributed by atoms with Gasteiger partial charge in [0, 0.05) is 19.3 Å². The van der Waals surface area contributed by atoms with Crippen LogP contribution in [-0.2, 0) is 55.8 Å². The number of carbonyl (C=O) groups is 3. The van der Waals surface area contributed by atoms with Gasteiger partial charge in [0.15, 0.2) is 6.10 Å². The van der Waals surface area contributed by atoms with Crippen LogP contribution in [0.1, 0.15) is 290 Å². The molecule has 0 aromatic carbocycles. The fraction of sp³-hybridized carbons (Fsp3) is 0.607. The van der Waals surface area contributed by atoms with Crippen molar-refractivity contribution in [3.63, 3.8) is 0 Å². The molecule has 0 aromatic heterocycles. The Morgan fingerprint density at radius 3 is 0.785 bits per heavy atom. The Hall–Kier alpha value is -5.61. The molecule has 107 heavy (non-hydrogen) atoms. The number of allylic oxidation sites excluding steroid dienone is 32. The summed E-state index contributed by atoms with van der Waals surface area (Å²) in [5.74, 6) is -1.71. The minimum atomic E-state index is -4.97. The predicted molar refractivity (Wildman–Crippen MR) is 444 cm³/mol. The summed E-state index contributed by atoms with van der Waals surface area (Å²) < 4.78 is 61.1. The molecule has 0 aromatic rings. The van der Waals surface area contributed by atoms with E-state index in [2.05, 4.69) is 203 Å². The number of hydrogen-bond acceptors (Lipinski definition) is 14. The summed E-state index contributed by atoms with van der Waals surface area (Å²) in [5.41, 5.74) is 0. The van der Waals surface area contributed by atoms with Crippen LogP contribution in [0.3, 0.4) is 0 Å². The highest BCUT2D eigenvalue weighted by Gasteiger charge is 2.29. The molecule has 0 saturated heterocycles. The highest BCUT2D eigenvalue weighted by Crippen LogP contribution is 2.45. The number of unbranched alkanes of at least 4 members (excludes halogenated alkanes) is 20. The van der Waals surface area contributed by atoms with Crippen LogP contribution in [0.15, 0.2) is 194 Å². The van der Waals surface area contributed by atoms with Gasteiger partial charge in [0.25, 0.3) is 0 Å². The van der Waals surface area contributed by atoms with Crippen LogP contribution in [0, 0.1) is 0 Å². The molecule has 0 amide bonds. The molecule has 4 N–H and O–H groups in total. The summed E-state index contributed by atoms with van der Waals surface area (Å²) in [7, 11) is -9.84. The van der Waals surface area contributed by atoms with Crippen LogP contribution >= 0.6 is 15.6 Å². The number of ether oxygens (including phenoxy) is 3. The fourth-order valence-corrected chi connectivity index (χ4v) is 11.8. The smallest absolute Gasteiger partial charge is 0.463 e. The van der Waals surface area contributed by atoms with Crippen molar-refractivity contribution in [1.82, 2.24) is 0 Å². The molecule has 0 saturated carbocycles. The van der Waals surface area contributed by atoms with E-state index in [9.17, 15) is 43.5 Å². The number of aliphatic hydroxyl groups is 2. The van der Waals surface area contributed by atoms with Gasteiger partial charge in [0.2, 0.25) is 0 Å². The summed E-state index contributed by atoms with van der Waals surface area (Å²) in [4.78, 5) is 58.7. The van der Waals surface area contributed by atoms with Crippen molar-refractivity contribution in [2.75, 3.05) is 39.6 Å². The molecule has 0 rings (SSSR count). The minimum absolute atomic E-state index is 0.00893. The van der Waals surface area contributed by atoms with Crippen molar-refractivity contribution in [2.24, 2.45) is 0 Å². The molecule has 0 spiro atoms. The van der Waals surface area contributed by atoms with Crippen LogP contribution < -0.4 is 0 Å². The summed E-state index contributed by atoms with van der Waals surface area (Å²) >= 11 is 0. The Morgan fingerprint density at radius 2 is 0.477 bits per heavy atom. The first-order valence-corrected chi connectivity index (χ1v) is 43.7. The molecule has 18 heteroatoms. The van der Waals surface area contributed by atoms with Crippen LogP contribution in [-0.4, -0.2) is 95.9 Å². The number of phosphoric acid groups is 2. The van der Waals surface area contributed by atoms with Gasteiger partial charge in [0.05, 0.1) is 26.4 Å². The molecule has 0 fully saturated rings. The molecule has 0 bridgehead atoms. The third-order valence-corrected chi connectivity index (χ3v) is 18.2. The van der Waals surface area contributed by atoms with E-state index in [4.69, 9.17) is 32.3 Å². The predicted octanol–water partition coefficient (Wildman–Crippen LogP) is 24.3. The van der Waals surface area contributed by atoms with Crippen LogP contribution in [0.5, 0.6) is 0 Å². The number of carbonyl (C=O) groups excluding carboxylic acids is 3. The average molecular weight is 1530 g/mol. The maximum atomic E-state index is 13.0. The van der Waals surface area contributed by atoms with Gasteiger partial charge in [-0.05, 0) is 154 Å². The molecule has 0 aliphatic rings. The lowest BCUT2D eigenvalue weighted by molar-refractivity contribution is -0.161. The highest BCUT2D eigenvalue weighted by molar-refractivity contribution is 7.47. The molecule has 0 aliphatic carbocycles. The van der Waals surface area contributed by atoms with E-state index >= 15 is 0 Å². The number of rotatable bonds is 75. The van der Waals surface area contributed by atoms with Gasteiger partial charge in [0.1, 0.15) is 25.4 Å². The van der Waals surface area contributed by atoms with Gasteiger partial charge in [-0.3, -0.25) is 32.5 Å². The summed E-state index contributed by atoms with van der Waals surface area (Å²) in [6.45, 7) is 2.20. The second kappa shape index (κ2) is 79.9. The van der Waals surface area contributed by atoms with E-state index in [1.54, 1.807) is 0 Å². The van der Waals surface area contributed by atoms with Crippen molar-refractivity contribution in [2.45, 2.75) is 309 Å². The minimum Gasteiger partial charge on any atom is -0.463 e. The third-order valence-electron chi connectivity index (χ3n) is 16.3. The van der Waals surface area contributed by atoms with Crippen LogP contribution in [0.4, 0.5) is 0 Å². The van der Waals surface area contributed by atoms with Crippen molar-refractivity contribution in [3.05, 3.63) is 194 Å². The molecule has 5 atom stereocenters. The van der Waals surface area contributed by atoms with E-state index in [-0.39, 0.29) is 19.3 Å². The Balaban J connectivity index is 4.57. The van der Waals surface area contributed by atoms with Gasteiger partial charge in [-0.2, -0.15) is 0 Å². The normalized spacial score (nSPS) is 14.9. The van der Waals surface area contributed by atoms with E-state index in [1.807, 2.05) is 12.2 Å². The molecular formula is C89H144O16P2. The first kappa shape index (κ1) is 101. The lowest BCUT2D eigenvalue weighted by Gasteiger charge is -2.21. The van der Waals surface area contributed by atoms with Gasteiger partial charge in [-0.1, -0.05) is 312 Å². The van der Waals surface area contributed by atoms with Gasteiger partial charge in [-0.15, -0.1) is 0 Å². The SMILES string of the molecule is CC/C=C\C/C=C\C/C=C\C/C=C\C/C=C\C/C=C\CCCCC(=O)OCC(COP(=O)(O)OCC(O)COP(=O)(O)OCC(O)COC(=O)CCCCCCCCCCCCCCCCCCC/C=C\C/C=C\C/C=C\C/C=C\C/C=C\CC)OC(=O)CCC/C=C\C/C=C\C/C=C\C/C=C\C/C=C\CC. The summed E-state index contributed by atoms with van der Waals surface area (Å²) in [5, 5.41) is 20.7. The van der Waals surface area contributed by atoms with Gasteiger partial charge < -0.3 is 34.2 Å². The highest BCUT2D eigenvalue weighted by atomic mass is 31.2. The molecule has 606 valence electrons. The lowest BCUT2D eigenvalue weighted by atomic mass is 10.0. The largest absolute Gasteiger partial charge is 0.472 e. The first-order valence-electron chi connectivity index (χ1n) is 40.7. The maximum absolute atomic E-state index is 13.0. The van der Waals surface area contributed by atoms with Gasteiger partial charge in [-0.25, -0.2) is 9.13 Å². The Morgan fingerprint density at radius 1 is 0.262 bits per heavy atom. The topological polar surface area (TPSA) is 231 Å². The number of esters is 3. The molecule has 5 unspecified atom stereocenters. The molecule has 0 heterocycles. The third kappa shape index (κ3) is 81.2. The van der Waals surface area contributed by atoms with E-state index in [0.29, 0.717) is 25.7 Å².